The van der Waals surface area contributed by atoms with Gasteiger partial charge in [-0.3, -0.25) is 9.32 Å². The Bertz CT molecular complexity index is 1460. The van der Waals surface area contributed by atoms with E-state index in [2.05, 4.69) is 15.2 Å². The standard InChI is InChI=1S/C25H29N6O8P/c1-15(24(34)37-16-8-5-9-16)30-40(35,39-17-6-3-2-4-7-17)36-13-25(12-26)22(33)20(32)21(38-25)18-10-11-19-23(27)28-14-29-31(18)19/h2-4,6-7,10-11,14-16,20-22,32-33H,5,8-9,13H2,1H3,(H,30,35)(H2,27,28,29)/t15-,20-,21-,22-,25+,40-/m0/s1. The number of aliphatic hydroxyl groups excluding tert-OH is 2. The molecule has 0 amide bonds. The zero-order valence-electron chi connectivity index (χ0n) is 21.5. The number of benzene rings is 1. The molecule has 2 aliphatic rings. The Kier molecular flexibility index (Phi) is 7.78. The van der Waals surface area contributed by atoms with Crippen LogP contribution in [0.1, 0.15) is 38.0 Å². The van der Waals surface area contributed by atoms with Crippen LogP contribution in [-0.4, -0.2) is 67.3 Å². The van der Waals surface area contributed by atoms with E-state index in [4.69, 9.17) is 24.3 Å². The molecule has 0 bridgehead atoms. The van der Waals surface area contributed by atoms with Crippen LogP contribution in [0.3, 0.4) is 0 Å². The maximum Gasteiger partial charge on any atom is 0.459 e. The monoisotopic (exact) mass is 572 g/mol. The summed E-state index contributed by atoms with van der Waals surface area (Å²) in [5.41, 5.74) is 4.44. The minimum Gasteiger partial charge on any atom is -0.461 e. The fraction of sp³-hybridized carbons (Fsp3) is 0.440. The molecule has 1 aliphatic heterocycles. The minimum absolute atomic E-state index is 0.159. The van der Waals surface area contributed by atoms with Gasteiger partial charge in [0.05, 0.1) is 5.69 Å². The molecule has 212 valence electrons. The minimum atomic E-state index is -4.38. The van der Waals surface area contributed by atoms with E-state index in [1.165, 1.54) is 29.9 Å². The van der Waals surface area contributed by atoms with E-state index in [1.54, 1.807) is 30.3 Å². The number of anilines is 1. The normalized spacial score (nSPS) is 26.9. The number of aliphatic hydroxyl groups is 2. The van der Waals surface area contributed by atoms with Crippen molar-refractivity contribution in [3.05, 3.63) is 54.5 Å². The summed E-state index contributed by atoms with van der Waals surface area (Å²) in [4.78, 5) is 16.5. The van der Waals surface area contributed by atoms with Gasteiger partial charge in [0.15, 0.2) is 5.82 Å². The Morgan fingerprint density at radius 1 is 1.32 bits per heavy atom. The lowest BCUT2D eigenvalue weighted by molar-refractivity contribution is -0.154. The fourth-order valence-corrected chi connectivity index (χ4v) is 5.93. The van der Waals surface area contributed by atoms with Crippen LogP contribution in [0.4, 0.5) is 5.82 Å². The molecule has 0 radical (unpaired) electrons. The topological polar surface area (TPSA) is 204 Å². The number of nitrogens with two attached hydrogens (primary N) is 1. The van der Waals surface area contributed by atoms with Gasteiger partial charge in [-0.2, -0.15) is 15.4 Å². The number of nitrogen functional groups attached to an aromatic ring is 1. The first-order chi connectivity index (χ1) is 19.1. The van der Waals surface area contributed by atoms with Crippen molar-refractivity contribution in [2.75, 3.05) is 12.3 Å². The summed E-state index contributed by atoms with van der Waals surface area (Å²) >= 11 is 0. The second-order valence-electron chi connectivity index (χ2n) is 9.69. The summed E-state index contributed by atoms with van der Waals surface area (Å²) in [6.45, 7) is 0.650. The predicted octanol–water partition coefficient (Wildman–Crippen LogP) is 1.64. The number of carbonyl (C=O) groups excluding carboxylic acids is 1. The highest BCUT2D eigenvalue weighted by Gasteiger charge is 2.57. The van der Waals surface area contributed by atoms with Gasteiger partial charge in [0.2, 0.25) is 5.60 Å². The molecule has 5 N–H and O–H groups in total. The van der Waals surface area contributed by atoms with Gasteiger partial charge < -0.3 is 29.9 Å². The Morgan fingerprint density at radius 3 is 2.75 bits per heavy atom. The summed E-state index contributed by atoms with van der Waals surface area (Å²) in [5.74, 6) is -0.306. The Hall–Kier alpha value is -3.57. The Morgan fingerprint density at radius 2 is 2.08 bits per heavy atom. The summed E-state index contributed by atoms with van der Waals surface area (Å²) in [7, 11) is -4.38. The third kappa shape index (κ3) is 5.40. The number of ether oxygens (including phenoxy) is 2. The van der Waals surface area contributed by atoms with E-state index < -0.39 is 50.3 Å². The van der Waals surface area contributed by atoms with Crippen molar-refractivity contribution in [2.45, 2.75) is 62.2 Å². The molecule has 1 aliphatic carbocycles. The van der Waals surface area contributed by atoms with Gasteiger partial charge in [-0.1, -0.05) is 18.2 Å². The van der Waals surface area contributed by atoms with Crippen LogP contribution in [0.25, 0.3) is 5.52 Å². The van der Waals surface area contributed by atoms with Crippen molar-refractivity contribution in [3.63, 3.8) is 0 Å². The van der Waals surface area contributed by atoms with E-state index in [0.717, 1.165) is 19.3 Å². The Labute approximate surface area is 229 Å². The fourth-order valence-electron chi connectivity index (χ4n) is 4.41. The van der Waals surface area contributed by atoms with Crippen molar-refractivity contribution in [3.8, 4) is 11.8 Å². The average Bonchev–Trinajstić information content (AvgIpc) is 3.46. The average molecular weight is 573 g/mol. The summed E-state index contributed by atoms with van der Waals surface area (Å²) in [6.07, 6.45) is -1.10. The number of hydrogen-bond acceptors (Lipinski definition) is 12. The largest absolute Gasteiger partial charge is 0.461 e. The SMILES string of the molecule is C[C@H](N[P@](=O)(OC[C@@]1(C#N)O[C@@H](c2ccc3c(N)ncnn23)[C@H](O)[C@@H]1O)Oc1ccccc1)C(=O)OC1CCC1. The number of nitrogens with zero attached hydrogens (tertiary/aromatic N) is 4. The predicted molar refractivity (Wildman–Crippen MR) is 139 cm³/mol. The van der Waals surface area contributed by atoms with Crippen LogP contribution >= 0.6 is 7.75 Å². The molecule has 40 heavy (non-hydrogen) atoms. The van der Waals surface area contributed by atoms with Crippen molar-refractivity contribution >= 4 is 25.1 Å². The highest BCUT2D eigenvalue weighted by Crippen LogP contribution is 2.48. The maximum absolute atomic E-state index is 13.9. The number of fused-ring (bicyclic) bond motifs is 1. The van der Waals surface area contributed by atoms with Crippen LogP contribution in [0, 0.1) is 11.3 Å². The highest BCUT2D eigenvalue weighted by molar-refractivity contribution is 7.52. The molecule has 0 spiro atoms. The smallest absolute Gasteiger partial charge is 0.459 e. The van der Waals surface area contributed by atoms with Crippen molar-refractivity contribution in [1.82, 2.24) is 19.7 Å². The van der Waals surface area contributed by atoms with E-state index in [0.29, 0.717) is 11.2 Å². The van der Waals surface area contributed by atoms with Gasteiger partial charge in [-0.05, 0) is 50.5 Å². The third-order valence-electron chi connectivity index (χ3n) is 6.90. The van der Waals surface area contributed by atoms with Crippen molar-refractivity contribution in [1.29, 1.82) is 5.26 Å². The van der Waals surface area contributed by atoms with Gasteiger partial charge in [0.25, 0.3) is 0 Å². The quantitative estimate of drug-likeness (QED) is 0.202. The lowest BCUT2D eigenvalue weighted by atomic mass is 9.96. The molecule has 6 atom stereocenters. The first-order valence-electron chi connectivity index (χ1n) is 12.7. The second kappa shape index (κ2) is 11.1. The van der Waals surface area contributed by atoms with Crippen LogP contribution in [0.5, 0.6) is 5.75 Å². The molecule has 15 heteroatoms. The molecule has 1 saturated heterocycles. The molecule has 0 unspecified atom stereocenters. The second-order valence-corrected chi connectivity index (χ2v) is 11.4. The molecule has 14 nitrogen and oxygen atoms in total. The number of carbonyl (C=O) groups is 1. The third-order valence-corrected chi connectivity index (χ3v) is 8.52. The molecule has 2 aromatic heterocycles. The summed E-state index contributed by atoms with van der Waals surface area (Å²) in [5, 5.41) is 38.5. The molecule has 2 fully saturated rings. The number of nitrogens with one attached hydrogen (secondary N) is 1. The van der Waals surface area contributed by atoms with E-state index >= 15 is 0 Å². The van der Waals surface area contributed by atoms with Crippen molar-refractivity contribution < 1.29 is 38.1 Å². The number of esters is 1. The zero-order chi connectivity index (χ0) is 28.5. The number of rotatable bonds is 10. The Balaban J connectivity index is 1.37. The number of aromatic nitrogens is 3. The maximum atomic E-state index is 13.9. The van der Waals surface area contributed by atoms with Crippen LogP contribution in [0.15, 0.2) is 48.8 Å². The molecular formula is C25H29N6O8P. The van der Waals surface area contributed by atoms with E-state index in [1.807, 2.05) is 6.07 Å². The molecule has 5 rings (SSSR count). The van der Waals surface area contributed by atoms with E-state index in [-0.39, 0.29) is 17.7 Å². The van der Waals surface area contributed by atoms with E-state index in [9.17, 15) is 24.8 Å². The van der Waals surface area contributed by atoms with Gasteiger partial charge in [-0.15, -0.1) is 0 Å². The van der Waals surface area contributed by atoms with Gasteiger partial charge in [0.1, 0.15) is 60.7 Å². The highest BCUT2D eigenvalue weighted by atomic mass is 31.2. The first-order valence-corrected chi connectivity index (χ1v) is 14.2. The van der Waals surface area contributed by atoms with Crippen molar-refractivity contribution in [2.24, 2.45) is 0 Å². The molecule has 3 aromatic rings. The van der Waals surface area contributed by atoms with Gasteiger partial charge in [-0.25, -0.2) is 14.1 Å². The van der Waals surface area contributed by atoms with Crippen LogP contribution < -0.4 is 15.3 Å². The zero-order valence-corrected chi connectivity index (χ0v) is 22.4. The molecular weight excluding hydrogens is 543 g/mol. The lowest BCUT2D eigenvalue weighted by Crippen LogP contribution is -2.46. The van der Waals surface area contributed by atoms with Crippen LogP contribution in [0.2, 0.25) is 0 Å². The van der Waals surface area contributed by atoms with Gasteiger partial charge >= 0.3 is 13.7 Å². The number of nitriles is 1. The number of hydrogen-bond donors (Lipinski definition) is 4. The summed E-state index contributed by atoms with van der Waals surface area (Å²) < 4.78 is 37.8. The number of para-hydroxylation sites is 1. The lowest BCUT2D eigenvalue weighted by Gasteiger charge is -2.30. The first kappa shape index (κ1) is 28.0. The van der Waals surface area contributed by atoms with Gasteiger partial charge in [0, 0.05) is 0 Å². The van der Waals surface area contributed by atoms with Crippen LogP contribution in [-0.2, 0) is 23.4 Å². The molecule has 3 heterocycles. The molecule has 1 saturated carbocycles. The summed E-state index contributed by atoms with van der Waals surface area (Å²) in [6, 6.07) is 12.0. The molecule has 1 aromatic carbocycles.